The highest BCUT2D eigenvalue weighted by Crippen LogP contribution is 2.12. The van der Waals surface area contributed by atoms with Crippen LogP contribution in [0.2, 0.25) is 0 Å². The van der Waals surface area contributed by atoms with Crippen LogP contribution in [0, 0.1) is 11.8 Å². The predicted molar refractivity (Wildman–Crippen MR) is 70.8 cm³/mol. The molecule has 1 aliphatic heterocycles. The van der Waals surface area contributed by atoms with Gasteiger partial charge in [-0.2, -0.15) is 0 Å². The SMILES string of the molecule is CN1CCN(Cc2ccc(C#CCN)cc2)C1=O. The maximum Gasteiger partial charge on any atom is 0.320 e. The van der Waals surface area contributed by atoms with Crippen molar-refractivity contribution in [3.05, 3.63) is 35.4 Å². The van der Waals surface area contributed by atoms with Gasteiger partial charge in [-0.25, -0.2) is 4.79 Å². The molecule has 18 heavy (non-hydrogen) atoms. The van der Waals surface area contributed by atoms with Gasteiger partial charge < -0.3 is 15.5 Å². The van der Waals surface area contributed by atoms with E-state index in [0.29, 0.717) is 13.1 Å². The fourth-order valence-electron chi connectivity index (χ4n) is 1.92. The molecule has 94 valence electrons. The molecule has 0 aliphatic carbocycles. The standard InChI is InChI=1S/C14H17N3O/c1-16-9-10-17(14(16)18)11-13-6-4-12(5-7-13)3-2-8-15/h4-7H,8-11,15H2,1H3. The molecule has 1 saturated heterocycles. The van der Waals surface area contributed by atoms with Crippen molar-refractivity contribution < 1.29 is 4.79 Å². The molecule has 4 nitrogen and oxygen atoms in total. The Kier molecular flexibility index (Phi) is 3.85. The predicted octanol–water partition coefficient (Wildman–Crippen LogP) is 0.864. The van der Waals surface area contributed by atoms with Crippen LogP contribution in [0.5, 0.6) is 0 Å². The zero-order valence-corrected chi connectivity index (χ0v) is 10.5. The second kappa shape index (κ2) is 5.56. The molecule has 0 spiro atoms. The van der Waals surface area contributed by atoms with Crippen LogP contribution in [0.1, 0.15) is 11.1 Å². The Hall–Kier alpha value is -1.99. The van der Waals surface area contributed by atoms with Crippen molar-refractivity contribution in [3.8, 4) is 11.8 Å². The van der Waals surface area contributed by atoms with Crippen LogP contribution in [0.15, 0.2) is 24.3 Å². The van der Waals surface area contributed by atoms with E-state index in [-0.39, 0.29) is 6.03 Å². The summed E-state index contributed by atoms with van der Waals surface area (Å²) >= 11 is 0. The first-order valence-electron chi connectivity index (χ1n) is 5.98. The lowest BCUT2D eigenvalue weighted by molar-refractivity contribution is 0.197. The molecule has 1 fully saturated rings. The lowest BCUT2D eigenvalue weighted by Crippen LogP contribution is -2.28. The molecule has 1 aromatic carbocycles. The highest BCUT2D eigenvalue weighted by molar-refractivity contribution is 5.76. The van der Waals surface area contributed by atoms with Crippen molar-refractivity contribution in [1.29, 1.82) is 0 Å². The Labute approximate surface area is 107 Å². The summed E-state index contributed by atoms with van der Waals surface area (Å²) in [7, 11) is 1.83. The molecular weight excluding hydrogens is 226 g/mol. The largest absolute Gasteiger partial charge is 0.326 e. The maximum atomic E-state index is 11.7. The Bertz CT molecular complexity index is 484. The number of carbonyl (C=O) groups excluding carboxylic acids is 1. The van der Waals surface area contributed by atoms with Gasteiger partial charge in [0.05, 0.1) is 6.54 Å². The molecule has 0 aromatic heterocycles. The Morgan fingerprint density at radius 3 is 2.56 bits per heavy atom. The molecule has 0 radical (unpaired) electrons. The topological polar surface area (TPSA) is 49.6 Å². The summed E-state index contributed by atoms with van der Waals surface area (Å²) in [5.41, 5.74) is 7.40. The molecule has 2 N–H and O–H groups in total. The van der Waals surface area contributed by atoms with E-state index in [2.05, 4.69) is 11.8 Å². The van der Waals surface area contributed by atoms with E-state index < -0.39 is 0 Å². The molecule has 2 rings (SSSR count). The van der Waals surface area contributed by atoms with Crippen LogP contribution in [-0.4, -0.2) is 42.5 Å². The number of urea groups is 1. The van der Waals surface area contributed by atoms with E-state index in [0.717, 1.165) is 24.2 Å². The Morgan fingerprint density at radius 2 is 2.00 bits per heavy atom. The number of rotatable bonds is 2. The van der Waals surface area contributed by atoms with Crippen molar-refractivity contribution in [1.82, 2.24) is 9.80 Å². The summed E-state index contributed by atoms with van der Waals surface area (Å²) in [6.07, 6.45) is 0. The minimum Gasteiger partial charge on any atom is -0.326 e. The van der Waals surface area contributed by atoms with Crippen molar-refractivity contribution >= 4 is 6.03 Å². The van der Waals surface area contributed by atoms with Crippen LogP contribution in [0.4, 0.5) is 4.79 Å². The van der Waals surface area contributed by atoms with Gasteiger partial charge in [-0.3, -0.25) is 0 Å². The van der Waals surface area contributed by atoms with Crippen molar-refractivity contribution in [2.24, 2.45) is 5.73 Å². The van der Waals surface area contributed by atoms with E-state index >= 15 is 0 Å². The van der Waals surface area contributed by atoms with Crippen molar-refractivity contribution in [2.75, 3.05) is 26.7 Å². The van der Waals surface area contributed by atoms with Crippen molar-refractivity contribution in [2.45, 2.75) is 6.54 Å². The van der Waals surface area contributed by atoms with Gasteiger partial charge >= 0.3 is 6.03 Å². The van der Waals surface area contributed by atoms with Gasteiger partial charge in [-0.05, 0) is 17.7 Å². The monoisotopic (exact) mass is 243 g/mol. The molecule has 0 bridgehead atoms. The number of likely N-dealkylation sites (N-methyl/N-ethyl adjacent to an activating group) is 1. The van der Waals surface area contributed by atoms with E-state index in [1.54, 1.807) is 4.90 Å². The van der Waals surface area contributed by atoms with Crippen LogP contribution in [0.3, 0.4) is 0 Å². The third-order valence-electron chi connectivity index (χ3n) is 2.96. The number of carbonyl (C=O) groups is 1. The highest BCUT2D eigenvalue weighted by Gasteiger charge is 2.24. The van der Waals surface area contributed by atoms with E-state index in [1.807, 2.05) is 36.2 Å². The van der Waals surface area contributed by atoms with Crippen LogP contribution in [-0.2, 0) is 6.54 Å². The Balaban J connectivity index is 2.00. The van der Waals surface area contributed by atoms with Crippen LogP contribution < -0.4 is 5.73 Å². The molecule has 0 saturated carbocycles. The molecule has 1 aliphatic rings. The molecular formula is C14H17N3O. The number of nitrogens with zero attached hydrogens (tertiary/aromatic N) is 2. The first-order chi connectivity index (χ1) is 8.70. The third-order valence-corrected chi connectivity index (χ3v) is 2.96. The number of hydrogen-bond acceptors (Lipinski definition) is 2. The van der Waals surface area contributed by atoms with Gasteiger partial charge in [0, 0.05) is 32.2 Å². The van der Waals surface area contributed by atoms with Gasteiger partial charge in [-0.1, -0.05) is 24.0 Å². The van der Waals surface area contributed by atoms with Crippen LogP contribution >= 0.6 is 0 Å². The summed E-state index contributed by atoms with van der Waals surface area (Å²) in [5, 5.41) is 0. The fraction of sp³-hybridized carbons (Fsp3) is 0.357. The van der Waals surface area contributed by atoms with Gasteiger partial charge in [0.2, 0.25) is 0 Å². The summed E-state index contributed by atoms with van der Waals surface area (Å²) in [5.74, 6) is 5.79. The van der Waals surface area contributed by atoms with Crippen molar-refractivity contribution in [3.63, 3.8) is 0 Å². The summed E-state index contributed by atoms with van der Waals surface area (Å²) in [6.45, 7) is 2.63. The quantitative estimate of drug-likeness (QED) is 0.783. The minimum atomic E-state index is 0.0991. The highest BCUT2D eigenvalue weighted by atomic mass is 16.2. The number of amides is 2. The van der Waals surface area contributed by atoms with E-state index in [9.17, 15) is 4.79 Å². The average Bonchev–Trinajstić information content (AvgIpc) is 2.70. The molecule has 0 unspecified atom stereocenters. The lowest BCUT2D eigenvalue weighted by Gasteiger charge is -2.15. The van der Waals surface area contributed by atoms with E-state index in [4.69, 9.17) is 5.73 Å². The normalized spacial score (nSPS) is 14.7. The number of nitrogens with two attached hydrogens (primary N) is 1. The summed E-state index contributed by atoms with van der Waals surface area (Å²) in [6, 6.07) is 8.03. The second-order valence-electron chi connectivity index (χ2n) is 4.33. The molecule has 1 aromatic rings. The smallest absolute Gasteiger partial charge is 0.320 e. The molecule has 2 amide bonds. The van der Waals surface area contributed by atoms with Gasteiger partial charge in [-0.15, -0.1) is 0 Å². The lowest BCUT2D eigenvalue weighted by atomic mass is 10.1. The first kappa shape index (κ1) is 12.5. The molecule has 0 atom stereocenters. The zero-order valence-electron chi connectivity index (χ0n) is 10.5. The van der Waals surface area contributed by atoms with Gasteiger partial charge in [0.25, 0.3) is 0 Å². The molecule has 4 heteroatoms. The molecule has 1 heterocycles. The Morgan fingerprint density at radius 1 is 1.28 bits per heavy atom. The fourth-order valence-corrected chi connectivity index (χ4v) is 1.92. The summed E-state index contributed by atoms with van der Waals surface area (Å²) < 4.78 is 0. The number of hydrogen-bond donors (Lipinski definition) is 1. The summed E-state index contributed by atoms with van der Waals surface area (Å²) in [4.78, 5) is 15.3. The number of benzene rings is 1. The second-order valence-corrected chi connectivity index (χ2v) is 4.33. The van der Waals surface area contributed by atoms with E-state index in [1.165, 1.54) is 0 Å². The average molecular weight is 243 g/mol. The zero-order chi connectivity index (χ0) is 13.0. The van der Waals surface area contributed by atoms with Gasteiger partial charge in [0.15, 0.2) is 0 Å². The first-order valence-corrected chi connectivity index (χ1v) is 5.98. The third kappa shape index (κ3) is 2.82. The minimum absolute atomic E-state index is 0.0991. The van der Waals surface area contributed by atoms with Gasteiger partial charge in [0.1, 0.15) is 0 Å². The maximum absolute atomic E-state index is 11.7. The van der Waals surface area contributed by atoms with Crippen LogP contribution in [0.25, 0.3) is 0 Å².